The number of rotatable bonds is 2. The molecule has 3 saturated heterocycles. The topological polar surface area (TPSA) is 44.8 Å². The smallest absolute Gasteiger partial charge is 0.314 e. The predicted octanol–water partition coefficient (Wildman–Crippen LogP) is 1.09. The van der Waals surface area contributed by atoms with Gasteiger partial charge in [-0.3, -0.25) is 4.79 Å². The normalized spacial score (nSPS) is 47.4. The summed E-state index contributed by atoms with van der Waals surface area (Å²) in [6.45, 7) is 3.91. The molecule has 3 rings (SSSR count). The van der Waals surface area contributed by atoms with Gasteiger partial charge in [-0.1, -0.05) is 0 Å². The highest BCUT2D eigenvalue weighted by Gasteiger charge is 2.61. The van der Waals surface area contributed by atoms with Crippen LogP contribution >= 0.6 is 0 Å². The third-order valence-corrected chi connectivity index (χ3v) is 3.55. The van der Waals surface area contributed by atoms with Crippen molar-refractivity contribution in [3.05, 3.63) is 0 Å². The number of ether oxygens (including phenoxy) is 3. The maximum atomic E-state index is 11.7. The minimum atomic E-state index is -0.377. The molecule has 0 radical (unpaired) electrons. The summed E-state index contributed by atoms with van der Waals surface area (Å²) in [6, 6.07) is 0. The summed E-state index contributed by atoms with van der Waals surface area (Å²) in [7, 11) is 0. The Labute approximate surface area is 88.9 Å². The minimum absolute atomic E-state index is 0.0625. The minimum Gasteiger partial charge on any atom is -0.435 e. The molecule has 4 heteroatoms. The van der Waals surface area contributed by atoms with Crippen molar-refractivity contribution >= 4 is 5.97 Å². The number of carbonyl (C=O) groups excluding carboxylic acids is 1. The number of carbonyl (C=O) groups is 1. The highest BCUT2D eigenvalue weighted by molar-refractivity contribution is 5.76. The van der Waals surface area contributed by atoms with Crippen molar-refractivity contribution in [1.82, 2.24) is 0 Å². The molecule has 4 nitrogen and oxygen atoms in total. The van der Waals surface area contributed by atoms with Crippen LogP contribution in [-0.2, 0) is 19.0 Å². The van der Waals surface area contributed by atoms with Gasteiger partial charge < -0.3 is 14.2 Å². The van der Waals surface area contributed by atoms with Crippen LogP contribution in [0.4, 0.5) is 0 Å². The fraction of sp³-hybridized carbons (Fsp3) is 0.909. The van der Waals surface area contributed by atoms with Gasteiger partial charge in [-0.2, -0.15) is 0 Å². The van der Waals surface area contributed by atoms with Crippen molar-refractivity contribution in [2.45, 2.75) is 51.3 Å². The molecule has 0 aromatic heterocycles. The van der Waals surface area contributed by atoms with Crippen LogP contribution in [0, 0.1) is 11.8 Å². The molecule has 0 N–H and O–H groups in total. The van der Waals surface area contributed by atoms with Crippen molar-refractivity contribution < 1.29 is 19.0 Å². The van der Waals surface area contributed by atoms with E-state index >= 15 is 0 Å². The Morgan fingerprint density at radius 2 is 2.07 bits per heavy atom. The molecule has 2 unspecified atom stereocenters. The van der Waals surface area contributed by atoms with Crippen molar-refractivity contribution in [1.29, 1.82) is 0 Å². The van der Waals surface area contributed by atoms with E-state index in [1.165, 1.54) is 0 Å². The predicted molar refractivity (Wildman–Crippen MR) is 51.0 cm³/mol. The van der Waals surface area contributed by atoms with Crippen LogP contribution in [-0.4, -0.2) is 30.6 Å². The molecule has 3 fully saturated rings. The summed E-state index contributed by atoms with van der Waals surface area (Å²) in [6.07, 6.45) is 2.01. The van der Waals surface area contributed by atoms with Crippen molar-refractivity contribution in [3.63, 3.8) is 0 Å². The van der Waals surface area contributed by atoms with Gasteiger partial charge in [0.1, 0.15) is 0 Å². The lowest BCUT2D eigenvalue weighted by Gasteiger charge is -2.23. The summed E-state index contributed by atoms with van der Waals surface area (Å²) in [5.41, 5.74) is 0. The van der Waals surface area contributed by atoms with Gasteiger partial charge in [0.25, 0.3) is 0 Å². The van der Waals surface area contributed by atoms with Gasteiger partial charge >= 0.3 is 5.97 Å². The number of hydrogen-bond acceptors (Lipinski definition) is 4. The molecule has 2 bridgehead atoms. The number of cyclic esters (lactones) is 1. The van der Waals surface area contributed by atoms with Crippen LogP contribution in [0.1, 0.15) is 26.7 Å². The first-order valence-corrected chi connectivity index (χ1v) is 5.68. The van der Waals surface area contributed by atoms with E-state index in [9.17, 15) is 4.79 Å². The van der Waals surface area contributed by atoms with Gasteiger partial charge in [-0.25, -0.2) is 0 Å². The lowest BCUT2D eigenvalue weighted by atomic mass is 9.80. The van der Waals surface area contributed by atoms with E-state index in [1.54, 1.807) is 0 Å². The average Bonchev–Trinajstić information content (AvgIpc) is 2.78. The standard InChI is InChI=1S/C11H16O4/c1-5(2)13-11-9-7-4-3-6(14-7)8(9)10(12)15-11/h5-9,11H,3-4H2,1-2H3/t6-,7-,8?,9?,11+/m1/s1. The summed E-state index contributed by atoms with van der Waals surface area (Å²) in [5.74, 6) is -0.0519. The maximum absolute atomic E-state index is 11.7. The van der Waals surface area contributed by atoms with Gasteiger partial charge in [-0.15, -0.1) is 0 Å². The van der Waals surface area contributed by atoms with Gasteiger partial charge in [0.15, 0.2) is 0 Å². The number of hydrogen-bond donors (Lipinski definition) is 0. The lowest BCUT2D eigenvalue weighted by Crippen LogP contribution is -2.33. The fourth-order valence-electron chi connectivity index (χ4n) is 3.03. The Balaban J connectivity index is 1.81. The van der Waals surface area contributed by atoms with Crippen molar-refractivity contribution in [3.8, 4) is 0 Å². The molecule has 0 spiro atoms. The van der Waals surface area contributed by atoms with Crippen LogP contribution < -0.4 is 0 Å². The van der Waals surface area contributed by atoms with Crippen molar-refractivity contribution in [2.75, 3.05) is 0 Å². The lowest BCUT2D eigenvalue weighted by molar-refractivity contribution is -0.183. The Hall–Kier alpha value is -0.610. The van der Waals surface area contributed by atoms with Crippen LogP contribution in [0.3, 0.4) is 0 Å². The largest absolute Gasteiger partial charge is 0.435 e. The summed E-state index contributed by atoms with van der Waals surface area (Å²) in [4.78, 5) is 11.7. The first-order chi connectivity index (χ1) is 7.16. The molecule has 15 heavy (non-hydrogen) atoms. The van der Waals surface area contributed by atoms with E-state index in [0.717, 1.165) is 12.8 Å². The average molecular weight is 212 g/mol. The molecular formula is C11H16O4. The zero-order valence-electron chi connectivity index (χ0n) is 9.01. The summed E-state index contributed by atoms with van der Waals surface area (Å²) < 4.78 is 16.6. The van der Waals surface area contributed by atoms with Gasteiger partial charge in [0.05, 0.1) is 30.1 Å². The Bertz CT molecular complexity index is 288. The number of fused-ring (bicyclic) bond motifs is 5. The zero-order chi connectivity index (χ0) is 10.6. The van der Waals surface area contributed by atoms with Crippen LogP contribution in [0.15, 0.2) is 0 Å². The van der Waals surface area contributed by atoms with Crippen molar-refractivity contribution in [2.24, 2.45) is 11.8 Å². The number of esters is 1. The quantitative estimate of drug-likeness (QED) is 0.643. The molecular weight excluding hydrogens is 196 g/mol. The fourth-order valence-corrected chi connectivity index (χ4v) is 3.03. The second-order valence-corrected chi connectivity index (χ2v) is 4.88. The maximum Gasteiger partial charge on any atom is 0.314 e. The molecule has 3 heterocycles. The van der Waals surface area contributed by atoms with E-state index in [0.29, 0.717) is 0 Å². The van der Waals surface area contributed by atoms with Gasteiger partial charge in [0, 0.05) is 0 Å². The highest BCUT2D eigenvalue weighted by Crippen LogP contribution is 2.50. The molecule has 0 aromatic carbocycles. The molecule has 0 saturated carbocycles. The summed E-state index contributed by atoms with van der Waals surface area (Å²) in [5, 5.41) is 0. The molecule has 5 atom stereocenters. The van der Waals surface area contributed by atoms with E-state index in [4.69, 9.17) is 14.2 Å². The molecule has 3 aliphatic rings. The highest BCUT2D eigenvalue weighted by atomic mass is 16.7. The van der Waals surface area contributed by atoms with Gasteiger partial charge in [0.2, 0.25) is 6.29 Å². The van der Waals surface area contributed by atoms with Crippen LogP contribution in [0.25, 0.3) is 0 Å². The SMILES string of the molecule is CC(C)O[C@H]1OC(=O)C2C1[C@H]1CC[C@H]2O1. The Kier molecular flexibility index (Phi) is 2.04. The Morgan fingerprint density at radius 3 is 2.80 bits per heavy atom. The molecule has 0 aromatic rings. The van der Waals surface area contributed by atoms with Gasteiger partial charge in [-0.05, 0) is 26.7 Å². The second-order valence-electron chi connectivity index (χ2n) is 4.88. The molecule has 84 valence electrons. The molecule has 0 aliphatic carbocycles. The van der Waals surface area contributed by atoms with E-state index < -0.39 is 0 Å². The van der Waals surface area contributed by atoms with Crippen LogP contribution in [0.2, 0.25) is 0 Å². The van der Waals surface area contributed by atoms with E-state index in [1.807, 2.05) is 13.8 Å². The third kappa shape index (κ3) is 1.31. The van der Waals surface area contributed by atoms with E-state index in [-0.39, 0.29) is 42.4 Å². The van der Waals surface area contributed by atoms with E-state index in [2.05, 4.69) is 0 Å². The van der Waals surface area contributed by atoms with Crippen LogP contribution in [0.5, 0.6) is 0 Å². The third-order valence-electron chi connectivity index (χ3n) is 3.55. The summed E-state index contributed by atoms with van der Waals surface area (Å²) >= 11 is 0. The first kappa shape index (κ1) is 9.60. The monoisotopic (exact) mass is 212 g/mol. The molecule has 0 amide bonds. The molecule has 3 aliphatic heterocycles. The Morgan fingerprint density at radius 1 is 1.33 bits per heavy atom. The second kappa shape index (κ2) is 3.19. The zero-order valence-corrected chi connectivity index (χ0v) is 9.01. The first-order valence-electron chi connectivity index (χ1n) is 5.68.